The van der Waals surface area contributed by atoms with Crippen molar-refractivity contribution in [3.63, 3.8) is 0 Å². The third-order valence-corrected chi connectivity index (χ3v) is 2.38. The van der Waals surface area contributed by atoms with Crippen LogP contribution in [-0.2, 0) is 4.79 Å². The highest BCUT2D eigenvalue weighted by molar-refractivity contribution is 9.10. The van der Waals surface area contributed by atoms with E-state index in [1.165, 1.54) is 0 Å². The predicted molar refractivity (Wildman–Crippen MR) is 60.9 cm³/mol. The lowest BCUT2D eigenvalue weighted by atomic mass is 10.2. The molecule has 4 nitrogen and oxygen atoms in total. The average Bonchev–Trinajstić information content (AvgIpc) is 2.16. The van der Waals surface area contributed by atoms with Crippen LogP contribution in [0.3, 0.4) is 0 Å². The molecule has 0 heterocycles. The molecule has 1 atom stereocenters. The van der Waals surface area contributed by atoms with E-state index in [1.54, 1.807) is 25.1 Å². The van der Waals surface area contributed by atoms with Crippen LogP contribution in [0.15, 0.2) is 22.7 Å². The van der Waals surface area contributed by atoms with Crippen molar-refractivity contribution in [1.29, 1.82) is 0 Å². The normalized spacial score (nSPS) is 12.1. The van der Waals surface area contributed by atoms with Crippen LogP contribution in [0.25, 0.3) is 0 Å². The van der Waals surface area contributed by atoms with E-state index >= 15 is 0 Å². The summed E-state index contributed by atoms with van der Waals surface area (Å²) in [4.78, 5) is 10.7. The Morgan fingerprint density at radius 2 is 2.33 bits per heavy atom. The van der Waals surface area contributed by atoms with Gasteiger partial charge in [0, 0.05) is 4.47 Å². The van der Waals surface area contributed by atoms with Crippen LogP contribution in [-0.4, -0.2) is 17.2 Å². The van der Waals surface area contributed by atoms with Crippen molar-refractivity contribution in [3.05, 3.63) is 22.7 Å². The minimum atomic E-state index is -0.986. The van der Waals surface area contributed by atoms with Gasteiger partial charge in [-0.2, -0.15) is 0 Å². The van der Waals surface area contributed by atoms with Crippen molar-refractivity contribution in [3.8, 4) is 5.75 Å². The zero-order chi connectivity index (χ0) is 11.4. The third-order valence-electron chi connectivity index (χ3n) is 1.89. The molecule has 0 saturated heterocycles. The highest BCUT2D eigenvalue weighted by Crippen LogP contribution is 2.26. The van der Waals surface area contributed by atoms with Crippen LogP contribution < -0.4 is 10.5 Å². The number of hydrogen-bond acceptors (Lipinski definition) is 3. The maximum Gasteiger partial charge on any atom is 0.344 e. The predicted octanol–water partition coefficient (Wildman–Crippen LogP) is 2.27. The summed E-state index contributed by atoms with van der Waals surface area (Å²) in [5.41, 5.74) is 6.10. The zero-order valence-corrected chi connectivity index (χ0v) is 9.82. The molecule has 0 aliphatic heterocycles. The minimum Gasteiger partial charge on any atom is -0.479 e. The van der Waals surface area contributed by atoms with Gasteiger partial charge in [-0.1, -0.05) is 22.9 Å². The molecule has 0 aliphatic carbocycles. The first-order valence-electron chi connectivity index (χ1n) is 4.49. The van der Waals surface area contributed by atoms with E-state index in [1.807, 2.05) is 0 Å². The number of rotatable bonds is 4. The van der Waals surface area contributed by atoms with E-state index in [9.17, 15) is 4.79 Å². The molecule has 0 saturated carbocycles. The number of nitrogens with two attached hydrogens (primary N) is 1. The molecule has 0 aliphatic rings. The van der Waals surface area contributed by atoms with E-state index in [-0.39, 0.29) is 0 Å². The number of anilines is 1. The first-order valence-corrected chi connectivity index (χ1v) is 5.28. The van der Waals surface area contributed by atoms with Gasteiger partial charge < -0.3 is 15.6 Å². The SMILES string of the molecule is CCC(Oc1ccc(Br)cc1N)C(=O)O. The van der Waals surface area contributed by atoms with Gasteiger partial charge in [0.05, 0.1) is 5.69 Å². The molecule has 1 aromatic carbocycles. The molecule has 15 heavy (non-hydrogen) atoms. The van der Waals surface area contributed by atoms with E-state index in [0.29, 0.717) is 17.9 Å². The molecule has 0 bridgehead atoms. The standard InChI is InChI=1S/C10H12BrNO3/c1-2-8(10(13)14)15-9-4-3-6(11)5-7(9)12/h3-5,8H,2,12H2,1H3,(H,13,14). The molecule has 1 unspecified atom stereocenters. The Kier molecular flexibility index (Phi) is 3.96. The Hall–Kier alpha value is -1.23. The number of ether oxygens (including phenoxy) is 1. The minimum absolute atomic E-state index is 0.394. The zero-order valence-electron chi connectivity index (χ0n) is 8.24. The molecule has 1 aromatic rings. The lowest BCUT2D eigenvalue weighted by molar-refractivity contribution is -0.145. The Morgan fingerprint density at radius 3 is 2.80 bits per heavy atom. The molecule has 5 heteroatoms. The van der Waals surface area contributed by atoms with Gasteiger partial charge in [-0.3, -0.25) is 0 Å². The molecule has 0 radical (unpaired) electrons. The first kappa shape index (κ1) is 11.8. The third kappa shape index (κ3) is 3.13. The van der Waals surface area contributed by atoms with Crippen LogP contribution in [0.2, 0.25) is 0 Å². The summed E-state index contributed by atoms with van der Waals surface area (Å²) in [6.45, 7) is 1.74. The van der Waals surface area contributed by atoms with Crippen molar-refractivity contribution in [1.82, 2.24) is 0 Å². The molecular formula is C10H12BrNO3. The topological polar surface area (TPSA) is 72.5 Å². The number of carboxylic acids is 1. The van der Waals surface area contributed by atoms with Crippen molar-refractivity contribution < 1.29 is 14.6 Å². The molecule has 0 fully saturated rings. The number of nitrogen functional groups attached to an aromatic ring is 1. The van der Waals surface area contributed by atoms with Crippen molar-refractivity contribution >= 4 is 27.6 Å². The highest BCUT2D eigenvalue weighted by Gasteiger charge is 2.17. The van der Waals surface area contributed by atoms with Crippen LogP contribution in [0.5, 0.6) is 5.75 Å². The fourth-order valence-electron chi connectivity index (χ4n) is 1.09. The van der Waals surface area contributed by atoms with Crippen LogP contribution >= 0.6 is 15.9 Å². The Labute approximate surface area is 96.2 Å². The number of carboxylic acid groups (broad SMARTS) is 1. The molecule has 0 amide bonds. The fourth-order valence-corrected chi connectivity index (χ4v) is 1.47. The largest absolute Gasteiger partial charge is 0.479 e. The summed E-state index contributed by atoms with van der Waals surface area (Å²) in [5.74, 6) is -0.590. The monoisotopic (exact) mass is 273 g/mol. The first-order chi connectivity index (χ1) is 7.04. The van der Waals surface area contributed by atoms with E-state index in [0.717, 1.165) is 4.47 Å². The van der Waals surface area contributed by atoms with Gasteiger partial charge in [-0.25, -0.2) is 4.79 Å². The molecule has 0 aromatic heterocycles. The fraction of sp³-hybridized carbons (Fsp3) is 0.300. The Morgan fingerprint density at radius 1 is 1.67 bits per heavy atom. The number of carbonyl (C=O) groups is 1. The maximum atomic E-state index is 10.7. The molecular weight excluding hydrogens is 262 g/mol. The summed E-state index contributed by atoms with van der Waals surface area (Å²) in [6.07, 6.45) is -0.460. The average molecular weight is 274 g/mol. The summed E-state index contributed by atoms with van der Waals surface area (Å²) in [6, 6.07) is 5.06. The van der Waals surface area contributed by atoms with Crippen LogP contribution in [0.4, 0.5) is 5.69 Å². The molecule has 3 N–H and O–H groups in total. The lowest BCUT2D eigenvalue weighted by Crippen LogP contribution is -2.26. The number of halogens is 1. The van der Waals surface area contributed by atoms with Crippen molar-refractivity contribution in [2.24, 2.45) is 0 Å². The number of hydrogen-bond donors (Lipinski definition) is 2. The smallest absolute Gasteiger partial charge is 0.344 e. The second kappa shape index (κ2) is 5.02. The summed E-state index contributed by atoms with van der Waals surface area (Å²) < 4.78 is 6.09. The second-order valence-electron chi connectivity index (χ2n) is 3.04. The van der Waals surface area contributed by atoms with Gasteiger partial charge >= 0.3 is 5.97 Å². The lowest BCUT2D eigenvalue weighted by Gasteiger charge is -2.14. The second-order valence-corrected chi connectivity index (χ2v) is 3.95. The molecule has 82 valence electrons. The summed E-state index contributed by atoms with van der Waals surface area (Å²) in [7, 11) is 0. The van der Waals surface area contributed by atoms with Gasteiger partial charge in [0.25, 0.3) is 0 Å². The number of aliphatic carboxylic acids is 1. The van der Waals surface area contributed by atoms with E-state index in [2.05, 4.69) is 15.9 Å². The maximum absolute atomic E-state index is 10.7. The molecule has 0 spiro atoms. The van der Waals surface area contributed by atoms with Gasteiger partial charge in [-0.15, -0.1) is 0 Å². The van der Waals surface area contributed by atoms with E-state index in [4.69, 9.17) is 15.6 Å². The quantitative estimate of drug-likeness (QED) is 0.826. The Bertz CT molecular complexity index is 368. The van der Waals surface area contributed by atoms with Gasteiger partial charge in [-0.05, 0) is 24.6 Å². The Balaban J connectivity index is 2.84. The van der Waals surface area contributed by atoms with Gasteiger partial charge in [0.15, 0.2) is 6.10 Å². The van der Waals surface area contributed by atoms with Crippen LogP contribution in [0, 0.1) is 0 Å². The number of benzene rings is 1. The van der Waals surface area contributed by atoms with E-state index < -0.39 is 12.1 Å². The van der Waals surface area contributed by atoms with Gasteiger partial charge in [0.1, 0.15) is 5.75 Å². The summed E-state index contributed by atoms with van der Waals surface area (Å²) >= 11 is 3.26. The summed E-state index contributed by atoms with van der Waals surface area (Å²) in [5, 5.41) is 8.80. The van der Waals surface area contributed by atoms with Crippen LogP contribution in [0.1, 0.15) is 13.3 Å². The van der Waals surface area contributed by atoms with Crippen molar-refractivity contribution in [2.75, 3.05) is 5.73 Å². The highest BCUT2D eigenvalue weighted by atomic mass is 79.9. The van der Waals surface area contributed by atoms with Gasteiger partial charge in [0.2, 0.25) is 0 Å². The van der Waals surface area contributed by atoms with Crippen molar-refractivity contribution in [2.45, 2.75) is 19.4 Å². The molecule has 1 rings (SSSR count).